The lowest BCUT2D eigenvalue weighted by molar-refractivity contribution is 0.0774. The molecule has 7 nitrogen and oxygen atoms in total. The number of ether oxygens (including phenoxy) is 1. The third-order valence-corrected chi connectivity index (χ3v) is 4.81. The van der Waals surface area contributed by atoms with Crippen molar-refractivity contribution in [2.24, 2.45) is 5.73 Å². The summed E-state index contributed by atoms with van der Waals surface area (Å²) in [5, 5.41) is 3.86. The highest BCUT2D eigenvalue weighted by Crippen LogP contribution is 2.28. The third-order valence-electron chi connectivity index (χ3n) is 4.81. The molecule has 0 radical (unpaired) electrons. The minimum Gasteiger partial charge on any atom is -0.497 e. The van der Waals surface area contributed by atoms with Crippen LogP contribution in [0.15, 0.2) is 59.1 Å². The summed E-state index contributed by atoms with van der Waals surface area (Å²) < 4.78 is 10.5. The van der Waals surface area contributed by atoms with Gasteiger partial charge in [-0.3, -0.25) is 4.79 Å². The summed E-state index contributed by atoms with van der Waals surface area (Å²) in [5.41, 5.74) is 8.10. The fraction of sp³-hybridized carbons (Fsp3) is 0.250. The normalized spacial score (nSPS) is 18.6. The molecule has 1 aliphatic heterocycles. The molecule has 1 amide bonds. The minimum absolute atomic E-state index is 0. The van der Waals surface area contributed by atoms with E-state index in [2.05, 4.69) is 10.1 Å². The fourth-order valence-electron chi connectivity index (χ4n) is 3.37. The van der Waals surface area contributed by atoms with E-state index in [0.29, 0.717) is 24.4 Å². The molecule has 146 valence electrons. The molecule has 3 aromatic rings. The second kappa shape index (κ2) is 8.41. The van der Waals surface area contributed by atoms with Crippen LogP contribution in [-0.2, 0) is 0 Å². The van der Waals surface area contributed by atoms with Crippen LogP contribution in [0, 0.1) is 0 Å². The molecule has 0 aliphatic carbocycles. The second-order valence-electron chi connectivity index (χ2n) is 6.55. The van der Waals surface area contributed by atoms with Gasteiger partial charge in [-0.2, -0.15) is 4.98 Å². The topological polar surface area (TPSA) is 94.5 Å². The summed E-state index contributed by atoms with van der Waals surface area (Å²) in [4.78, 5) is 18.7. The van der Waals surface area contributed by atoms with E-state index in [1.54, 1.807) is 18.1 Å². The number of likely N-dealkylation sites (tertiary alicyclic amines) is 1. The van der Waals surface area contributed by atoms with Gasteiger partial charge in [-0.05, 0) is 23.8 Å². The average Bonchev–Trinajstić information content (AvgIpc) is 3.35. The van der Waals surface area contributed by atoms with Crippen LogP contribution in [0.25, 0.3) is 11.5 Å². The number of carbonyl (C=O) groups is 1. The summed E-state index contributed by atoms with van der Waals surface area (Å²) in [5.74, 6) is 0.811. The molecule has 2 aromatic carbocycles. The Hall–Kier alpha value is -2.90. The SMILES string of the molecule is COc1cccc(-c2nc(C(=O)N3C[C@@H](N)[C@H](c4ccccc4)C3)no2)c1.Cl. The summed E-state index contributed by atoms with van der Waals surface area (Å²) >= 11 is 0. The van der Waals surface area contributed by atoms with Gasteiger partial charge in [0.15, 0.2) is 0 Å². The number of rotatable bonds is 4. The van der Waals surface area contributed by atoms with Crippen molar-refractivity contribution in [1.29, 1.82) is 0 Å². The molecule has 1 saturated heterocycles. The third kappa shape index (κ3) is 3.85. The number of nitrogens with two attached hydrogens (primary N) is 1. The van der Waals surface area contributed by atoms with Crippen molar-refractivity contribution in [3.63, 3.8) is 0 Å². The lowest BCUT2D eigenvalue weighted by Crippen LogP contribution is -2.32. The maximum Gasteiger partial charge on any atom is 0.295 e. The molecule has 2 atom stereocenters. The Labute approximate surface area is 168 Å². The van der Waals surface area contributed by atoms with Gasteiger partial charge in [-0.15, -0.1) is 12.4 Å². The van der Waals surface area contributed by atoms with Crippen LogP contribution in [-0.4, -0.2) is 47.2 Å². The smallest absolute Gasteiger partial charge is 0.295 e. The quantitative estimate of drug-likeness (QED) is 0.723. The van der Waals surface area contributed by atoms with Crippen molar-refractivity contribution in [2.45, 2.75) is 12.0 Å². The molecule has 8 heteroatoms. The Morgan fingerprint density at radius 2 is 1.96 bits per heavy atom. The van der Waals surface area contributed by atoms with Gasteiger partial charge in [0.1, 0.15) is 5.75 Å². The predicted molar refractivity (Wildman–Crippen MR) is 107 cm³/mol. The van der Waals surface area contributed by atoms with E-state index in [1.807, 2.05) is 48.5 Å². The van der Waals surface area contributed by atoms with Crippen LogP contribution in [0.1, 0.15) is 22.1 Å². The van der Waals surface area contributed by atoms with E-state index >= 15 is 0 Å². The van der Waals surface area contributed by atoms with Crippen molar-refractivity contribution >= 4 is 18.3 Å². The standard InChI is InChI=1S/C20H20N4O3.ClH/c1-26-15-9-5-8-14(10-15)19-22-18(23-27-19)20(25)24-11-16(17(21)12-24)13-6-3-2-4-7-13;/h2-10,16-17H,11-12,21H2,1H3;1H/t16-,17+;/m0./s1. The van der Waals surface area contributed by atoms with Crippen LogP contribution in [0.2, 0.25) is 0 Å². The lowest BCUT2D eigenvalue weighted by atomic mass is 9.95. The van der Waals surface area contributed by atoms with E-state index in [-0.39, 0.29) is 42.0 Å². The molecule has 4 rings (SSSR count). The van der Waals surface area contributed by atoms with Gasteiger partial charge in [0, 0.05) is 30.6 Å². The van der Waals surface area contributed by atoms with Crippen molar-refractivity contribution in [2.75, 3.05) is 20.2 Å². The summed E-state index contributed by atoms with van der Waals surface area (Å²) in [6.45, 7) is 0.995. The zero-order valence-corrected chi connectivity index (χ0v) is 16.1. The molecule has 28 heavy (non-hydrogen) atoms. The number of benzene rings is 2. The van der Waals surface area contributed by atoms with E-state index in [9.17, 15) is 4.79 Å². The molecule has 1 fully saturated rings. The molecular formula is C20H21ClN4O3. The second-order valence-corrected chi connectivity index (χ2v) is 6.55. The molecule has 1 aliphatic rings. The molecular weight excluding hydrogens is 380 g/mol. The number of carbonyl (C=O) groups excluding carboxylic acids is 1. The zero-order chi connectivity index (χ0) is 18.8. The molecule has 2 N–H and O–H groups in total. The van der Waals surface area contributed by atoms with E-state index in [1.165, 1.54) is 0 Å². The maximum absolute atomic E-state index is 12.8. The Kier molecular flexibility index (Phi) is 5.96. The van der Waals surface area contributed by atoms with Gasteiger partial charge in [-0.25, -0.2) is 0 Å². The first-order valence-corrected chi connectivity index (χ1v) is 8.73. The number of methoxy groups -OCH3 is 1. The number of aromatic nitrogens is 2. The highest BCUT2D eigenvalue weighted by atomic mass is 35.5. The largest absolute Gasteiger partial charge is 0.497 e. The number of hydrogen-bond donors (Lipinski definition) is 1. The minimum atomic E-state index is -0.276. The Bertz CT molecular complexity index is 947. The number of halogens is 1. The van der Waals surface area contributed by atoms with Crippen LogP contribution in [0.3, 0.4) is 0 Å². The fourth-order valence-corrected chi connectivity index (χ4v) is 3.37. The number of amides is 1. The van der Waals surface area contributed by atoms with Gasteiger partial charge in [-0.1, -0.05) is 41.6 Å². The number of nitrogens with zero attached hydrogens (tertiary/aromatic N) is 3. The molecule has 0 spiro atoms. The van der Waals surface area contributed by atoms with Crippen LogP contribution in [0.4, 0.5) is 0 Å². The Morgan fingerprint density at radius 1 is 1.18 bits per heavy atom. The molecule has 0 bridgehead atoms. The maximum atomic E-state index is 12.8. The van der Waals surface area contributed by atoms with E-state index in [4.69, 9.17) is 15.0 Å². The average molecular weight is 401 g/mol. The predicted octanol–water partition coefficient (Wildman–Crippen LogP) is 2.73. The monoisotopic (exact) mass is 400 g/mol. The van der Waals surface area contributed by atoms with Crippen LogP contribution in [0.5, 0.6) is 5.75 Å². The summed E-state index contributed by atoms with van der Waals surface area (Å²) in [6, 6.07) is 17.1. The van der Waals surface area contributed by atoms with Crippen LogP contribution < -0.4 is 10.5 Å². The van der Waals surface area contributed by atoms with Gasteiger partial charge in [0.25, 0.3) is 17.6 Å². The molecule has 0 unspecified atom stereocenters. The van der Waals surface area contributed by atoms with E-state index < -0.39 is 0 Å². The Morgan fingerprint density at radius 3 is 2.71 bits per heavy atom. The first-order chi connectivity index (χ1) is 13.2. The van der Waals surface area contributed by atoms with Gasteiger partial charge >= 0.3 is 0 Å². The first kappa shape index (κ1) is 19.9. The van der Waals surface area contributed by atoms with Crippen LogP contribution >= 0.6 is 12.4 Å². The summed E-state index contributed by atoms with van der Waals surface area (Å²) in [7, 11) is 1.58. The first-order valence-electron chi connectivity index (χ1n) is 8.73. The van der Waals surface area contributed by atoms with Gasteiger partial charge in [0.2, 0.25) is 0 Å². The highest BCUT2D eigenvalue weighted by Gasteiger charge is 2.35. The van der Waals surface area contributed by atoms with Crippen molar-refractivity contribution in [1.82, 2.24) is 15.0 Å². The molecule has 0 saturated carbocycles. The van der Waals surface area contributed by atoms with Gasteiger partial charge < -0.3 is 19.9 Å². The lowest BCUT2D eigenvalue weighted by Gasteiger charge is -2.14. The summed E-state index contributed by atoms with van der Waals surface area (Å²) in [6.07, 6.45) is 0. The van der Waals surface area contributed by atoms with E-state index in [0.717, 1.165) is 5.56 Å². The number of hydrogen-bond acceptors (Lipinski definition) is 6. The molecule has 1 aromatic heterocycles. The molecule has 2 heterocycles. The van der Waals surface area contributed by atoms with Gasteiger partial charge in [0.05, 0.1) is 7.11 Å². The van der Waals surface area contributed by atoms with Crippen molar-refractivity contribution in [3.05, 3.63) is 66.0 Å². The highest BCUT2D eigenvalue weighted by molar-refractivity contribution is 5.91. The zero-order valence-electron chi connectivity index (χ0n) is 15.3. The Balaban J connectivity index is 0.00000225. The van der Waals surface area contributed by atoms with Crippen molar-refractivity contribution in [3.8, 4) is 17.2 Å². The van der Waals surface area contributed by atoms with Crippen molar-refractivity contribution < 1.29 is 14.1 Å².